The third kappa shape index (κ3) is 3.19. The zero-order valence-electron chi connectivity index (χ0n) is 7.87. The van der Waals surface area contributed by atoms with E-state index in [0.29, 0.717) is 0 Å². The summed E-state index contributed by atoms with van der Waals surface area (Å²) in [5.41, 5.74) is -1.63. The summed E-state index contributed by atoms with van der Waals surface area (Å²) in [7, 11) is 0. The molecule has 0 fully saturated rings. The highest BCUT2D eigenvalue weighted by molar-refractivity contribution is 5.76. The molecule has 0 rings (SSSR count). The topological polar surface area (TPSA) is 60.8 Å². The Labute approximate surface area is 72.8 Å². The van der Waals surface area contributed by atoms with Crippen LogP contribution in [0.3, 0.4) is 0 Å². The second-order valence-corrected chi connectivity index (χ2v) is 3.04. The quantitative estimate of drug-likeness (QED) is 0.625. The van der Waals surface area contributed by atoms with Gasteiger partial charge in [-0.3, -0.25) is 0 Å². The van der Waals surface area contributed by atoms with Gasteiger partial charge in [-0.25, -0.2) is 4.79 Å². The molecule has 0 spiro atoms. The lowest BCUT2D eigenvalue weighted by Gasteiger charge is -2.26. The summed E-state index contributed by atoms with van der Waals surface area (Å²) < 4.78 is 0. The lowest BCUT2D eigenvalue weighted by molar-refractivity contribution is -0.158. The minimum absolute atomic E-state index is 0.176. The van der Waals surface area contributed by atoms with E-state index < -0.39 is 11.6 Å². The van der Waals surface area contributed by atoms with Gasteiger partial charge in [0.2, 0.25) is 0 Å². The smallest absolute Gasteiger partial charge is 0.336 e. The van der Waals surface area contributed by atoms with Gasteiger partial charge in [0.1, 0.15) is 0 Å². The summed E-state index contributed by atoms with van der Waals surface area (Å²) in [5, 5.41) is 18.0. The highest BCUT2D eigenvalue weighted by atomic mass is 16.4. The average molecular weight is 175 g/mol. The van der Waals surface area contributed by atoms with Gasteiger partial charge in [-0.15, -0.1) is 0 Å². The molecule has 0 saturated carbocycles. The molecule has 12 heavy (non-hydrogen) atoms. The maximum atomic E-state index is 10.5. The third-order valence-corrected chi connectivity index (χ3v) is 1.89. The molecule has 0 aliphatic heterocycles. The van der Waals surface area contributed by atoms with Gasteiger partial charge in [0.25, 0.3) is 0 Å². The summed E-state index contributed by atoms with van der Waals surface area (Å²) in [6.07, 6.45) is 0. The van der Waals surface area contributed by atoms with Crippen molar-refractivity contribution in [3.8, 4) is 0 Å². The molecule has 0 aromatic heterocycles. The van der Waals surface area contributed by atoms with E-state index in [1.54, 1.807) is 0 Å². The number of carbonyl (C=O) groups is 1. The number of hydrogen-bond donors (Lipinski definition) is 2. The fraction of sp³-hybridized carbons (Fsp3) is 0.875. The molecule has 0 amide bonds. The molecule has 0 heterocycles. The van der Waals surface area contributed by atoms with Crippen molar-refractivity contribution in [3.63, 3.8) is 0 Å². The van der Waals surface area contributed by atoms with Gasteiger partial charge in [0, 0.05) is 6.54 Å². The first-order valence-electron chi connectivity index (χ1n) is 4.12. The lowest BCUT2D eigenvalue weighted by Crippen LogP contribution is -2.46. The summed E-state index contributed by atoms with van der Waals surface area (Å²) in [6, 6.07) is 0. The maximum Gasteiger partial charge on any atom is 0.336 e. The van der Waals surface area contributed by atoms with Crippen molar-refractivity contribution in [1.82, 2.24) is 4.90 Å². The third-order valence-electron chi connectivity index (χ3n) is 1.89. The Bertz CT molecular complexity index is 152. The van der Waals surface area contributed by atoms with Crippen LogP contribution in [0.1, 0.15) is 20.8 Å². The SMILES string of the molecule is CCN(CC)CC(C)(O)C(=O)O. The maximum absolute atomic E-state index is 10.5. The molecule has 0 aliphatic carbocycles. The van der Waals surface area contributed by atoms with Crippen LogP contribution in [0.15, 0.2) is 0 Å². The van der Waals surface area contributed by atoms with Crippen molar-refractivity contribution in [1.29, 1.82) is 0 Å². The Balaban J connectivity index is 4.12. The zero-order valence-corrected chi connectivity index (χ0v) is 7.87. The standard InChI is InChI=1S/C8H17NO3/c1-4-9(5-2)6-8(3,12)7(10)11/h12H,4-6H2,1-3H3,(H,10,11). The molecule has 1 unspecified atom stereocenters. The van der Waals surface area contributed by atoms with E-state index in [-0.39, 0.29) is 6.54 Å². The van der Waals surface area contributed by atoms with Crippen molar-refractivity contribution < 1.29 is 15.0 Å². The molecule has 0 aromatic rings. The van der Waals surface area contributed by atoms with E-state index in [1.807, 2.05) is 18.7 Å². The van der Waals surface area contributed by atoms with Crippen molar-refractivity contribution >= 4 is 5.97 Å². The van der Waals surface area contributed by atoms with Gasteiger partial charge >= 0.3 is 5.97 Å². The van der Waals surface area contributed by atoms with E-state index in [1.165, 1.54) is 6.92 Å². The van der Waals surface area contributed by atoms with Gasteiger partial charge in [-0.2, -0.15) is 0 Å². The molecular weight excluding hydrogens is 158 g/mol. The molecule has 2 N–H and O–H groups in total. The number of aliphatic carboxylic acids is 1. The van der Waals surface area contributed by atoms with Gasteiger partial charge in [0.05, 0.1) is 0 Å². The molecule has 0 radical (unpaired) electrons. The Morgan fingerprint density at radius 2 is 1.83 bits per heavy atom. The van der Waals surface area contributed by atoms with E-state index in [2.05, 4.69) is 0 Å². The van der Waals surface area contributed by atoms with Crippen LogP contribution >= 0.6 is 0 Å². The summed E-state index contributed by atoms with van der Waals surface area (Å²) in [5.74, 6) is -1.17. The monoisotopic (exact) mass is 175 g/mol. The van der Waals surface area contributed by atoms with Crippen LogP contribution in [0.4, 0.5) is 0 Å². The summed E-state index contributed by atoms with van der Waals surface area (Å²) >= 11 is 0. The molecule has 0 aliphatic rings. The number of carboxylic acid groups (broad SMARTS) is 1. The van der Waals surface area contributed by atoms with Crippen LogP contribution in [0.5, 0.6) is 0 Å². The molecule has 0 saturated heterocycles. The van der Waals surface area contributed by atoms with Gasteiger partial charge in [0.15, 0.2) is 5.60 Å². The van der Waals surface area contributed by atoms with Crippen molar-refractivity contribution in [2.45, 2.75) is 26.4 Å². The highest BCUT2D eigenvalue weighted by Gasteiger charge is 2.31. The average Bonchev–Trinajstić information content (AvgIpc) is 2.00. The molecule has 4 nitrogen and oxygen atoms in total. The first-order valence-corrected chi connectivity index (χ1v) is 4.12. The van der Waals surface area contributed by atoms with Crippen LogP contribution in [0.2, 0.25) is 0 Å². The van der Waals surface area contributed by atoms with Gasteiger partial charge < -0.3 is 15.1 Å². The van der Waals surface area contributed by atoms with E-state index in [0.717, 1.165) is 13.1 Å². The molecule has 4 heteroatoms. The second-order valence-electron chi connectivity index (χ2n) is 3.04. The van der Waals surface area contributed by atoms with Crippen molar-refractivity contribution in [3.05, 3.63) is 0 Å². The molecule has 72 valence electrons. The van der Waals surface area contributed by atoms with Crippen molar-refractivity contribution in [2.75, 3.05) is 19.6 Å². The summed E-state index contributed by atoms with van der Waals surface area (Å²) in [6.45, 7) is 6.85. The second kappa shape index (κ2) is 4.42. The molecule has 0 aromatic carbocycles. The van der Waals surface area contributed by atoms with Crippen LogP contribution in [-0.2, 0) is 4.79 Å². The van der Waals surface area contributed by atoms with Crippen LogP contribution in [-0.4, -0.2) is 46.3 Å². The minimum atomic E-state index is -1.63. The fourth-order valence-corrected chi connectivity index (χ4v) is 0.950. The van der Waals surface area contributed by atoms with Crippen LogP contribution in [0, 0.1) is 0 Å². The van der Waals surface area contributed by atoms with Gasteiger partial charge in [-0.05, 0) is 20.0 Å². The fourth-order valence-electron chi connectivity index (χ4n) is 0.950. The first kappa shape index (κ1) is 11.4. The lowest BCUT2D eigenvalue weighted by atomic mass is 10.1. The summed E-state index contributed by atoms with van der Waals surface area (Å²) in [4.78, 5) is 12.4. The van der Waals surface area contributed by atoms with E-state index in [9.17, 15) is 9.90 Å². The Hall–Kier alpha value is -0.610. The highest BCUT2D eigenvalue weighted by Crippen LogP contribution is 2.05. The predicted octanol–water partition coefficient (Wildman–Crippen LogP) is 0.164. The van der Waals surface area contributed by atoms with Crippen LogP contribution < -0.4 is 0 Å². The largest absolute Gasteiger partial charge is 0.479 e. The molecular formula is C8H17NO3. The normalized spacial score (nSPS) is 16.1. The predicted molar refractivity (Wildman–Crippen MR) is 46.0 cm³/mol. The number of rotatable bonds is 5. The van der Waals surface area contributed by atoms with E-state index >= 15 is 0 Å². The first-order chi connectivity index (χ1) is 5.44. The van der Waals surface area contributed by atoms with Crippen LogP contribution in [0.25, 0.3) is 0 Å². The van der Waals surface area contributed by atoms with Gasteiger partial charge in [-0.1, -0.05) is 13.8 Å². The number of carboxylic acids is 1. The number of nitrogens with zero attached hydrogens (tertiary/aromatic N) is 1. The zero-order chi connectivity index (χ0) is 9.78. The number of hydrogen-bond acceptors (Lipinski definition) is 3. The number of likely N-dealkylation sites (N-methyl/N-ethyl adjacent to an activating group) is 1. The Morgan fingerprint density at radius 3 is 2.08 bits per heavy atom. The number of aliphatic hydroxyl groups is 1. The van der Waals surface area contributed by atoms with Crippen molar-refractivity contribution in [2.24, 2.45) is 0 Å². The molecule has 0 bridgehead atoms. The Morgan fingerprint density at radius 1 is 1.42 bits per heavy atom. The molecule has 1 atom stereocenters. The van der Waals surface area contributed by atoms with E-state index in [4.69, 9.17) is 5.11 Å². The Kier molecular flexibility index (Phi) is 4.20. The minimum Gasteiger partial charge on any atom is -0.479 e.